The summed E-state index contributed by atoms with van der Waals surface area (Å²) in [4.78, 5) is 0. The van der Waals surface area contributed by atoms with Crippen molar-refractivity contribution in [1.82, 2.24) is 0 Å². The molecule has 0 aliphatic carbocycles. The van der Waals surface area contributed by atoms with Crippen LogP contribution in [0.5, 0.6) is 0 Å². The summed E-state index contributed by atoms with van der Waals surface area (Å²) in [5.41, 5.74) is 2.84. The molecule has 1 heteroatoms. The molecule has 1 aliphatic heterocycles. The molecule has 0 atom stereocenters. The molecular weight excluding hydrogens is 343 g/mol. The van der Waals surface area contributed by atoms with Crippen LogP contribution in [0.4, 0.5) is 0 Å². The summed E-state index contributed by atoms with van der Waals surface area (Å²) in [6, 6.07) is 42.3. The summed E-state index contributed by atoms with van der Waals surface area (Å²) in [5.74, 6) is 0. The van der Waals surface area contributed by atoms with Gasteiger partial charge in [0.15, 0.2) is 0 Å². The van der Waals surface area contributed by atoms with Crippen molar-refractivity contribution in [3.8, 4) is 0 Å². The van der Waals surface area contributed by atoms with Crippen LogP contribution in [-0.2, 0) is 6.42 Å². The van der Waals surface area contributed by atoms with Crippen LogP contribution in [-0.4, -0.2) is 5.29 Å². The van der Waals surface area contributed by atoms with Gasteiger partial charge in [0.25, 0.3) is 0 Å². The van der Waals surface area contributed by atoms with Crippen LogP contribution >= 0.6 is 6.89 Å². The molecule has 5 rings (SSSR count). The molecule has 0 amide bonds. The number of hydrogen-bond acceptors (Lipinski definition) is 0. The molecule has 0 saturated heterocycles. The summed E-state index contributed by atoms with van der Waals surface area (Å²) in [5, 5.41) is 5.97. The highest BCUT2D eigenvalue weighted by molar-refractivity contribution is 7.96. The van der Waals surface area contributed by atoms with Gasteiger partial charge in [0.05, 0.1) is 0 Å². The highest BCUT2D eigenvalue weighted by Gasteiger charge is 2.36. The topological polar surface area (TPSA) is 0 Å². The van der Waals surface area contributed by atoms with Gasteiger partial charge in [0, 0.05) is 0 Å². The van der Waals surface area contributed by atoms with Crippen molar-refractivity contribution in [2.75, 3.05) is 0 Å². The van der Waals surface area contributed by atoms with Gasteiger partial charge in [-0.25, -0.2) is 0 Å². The van der Waals surface area contributed by atoms with Crippen LogP contribution in [0.25, 0.3) is 0 Å². The normalized spacial score (nSPS) is 14.7. The van der Waals surface area contributed by atoms with Gasteiger partial charge >= 0.3 is 0 Å². The van der Waals surface area contributed by atoms with E-state index in [0.717, 1.165) is 6.42 Å². The molecule has 0 saturated carbocycles. The van der Waals surface area contributed by atoms with Gasteiger partial charge in [-0.3, -0.25) is 0 Å². The SMILES string of the molecule is c1ccc(C2=P(c3ccccc3)(c3ccccc3)c3ccccc3C2)cc1. The second kappa shape index (κ2) is 6.72. The fourth-order valence-electron chi connectivity index (χ4n) is 4.40. The van der Waals surface area contributed by atoms with Gasteiger partial charge in [-0.1, -0.05) is 115 Å². The monoisotopic (exact) mass is 364 g/mol. The lowest BCUT2D eigenvalue weighted by Crippen LogP contribution is -2.27. The first-order valence-electron chi connectivity index (χ1n) is 9.41. The quantitative estimate of drug-likeness (QED) is 0.460. The van der Waals surface area contributed by atoms with E-state index in [-0.39, 0.29) is 0 Å². The van der Waals surface area contributed by atoms with Crippen LogP contribution in [0.3, 0.4) is 0 Å². The van der Waals surface area contributed by atoms with Gasteiger partial charge in [0.2, 0.25) is 0 Å². The predicted molar refractivity (Wildman–Crippen MR) is 119 cm³/mol. The standard InChI is InChI=1S/C26H21P/c1-4-12-21(13-5-1)26-20-22-14-10-11-19-25(22)27(26,23-15-6-2-7-16-23)24-17-8-3-9-18-24/h1-19H,20H2. The Bertz CT molecular complexity index is 1080. The molecule has 1 aliphatic rings. The van der Waals surface area contributed by atoms with E-state index >= 15 is 0 Å². The summed E-state index contributed by atoms with van der Waals surface area (Å²) >= 11 is 0. The third kappa shape index (κ3) is 2.52. The van der Waals surface area contributed by atoms with E-state index < -0.39 is 6.89 Å². The lowest BCUT2D eigenvalue weighted by atomic mass is 10.0. The molecule has 1 heterocycles. The Morgan fingerprint density at radius 2 is 0.963 bits per heavy atom. The van der Waals surface area contributed by atoms with Crippen LogP contribution in [0.2, 0.25) is 0 Å². The largest absolute Gasteiger partial charge is 0.0622 e. The van der Waals surface area contributed by atoms with E-state index in [9.17, 15) is 0 Å². The highest BCUT2D eigenvalue weighted by atomic mass is 31.2. The maximum atomic E-state index is 2.36. The van der Waals surface area contributed by atoms with Crippen molar-refractivity contribution < 1.29 is 0 Å². The molecule has 4 aromatic rings. The fourth-order valence-corrected chi connectivity index (χ4v) is 9.25. The Morgan fingerprint density at radius 3 is 1.56 bits per heavy atom. The summed E-state index contributed by atoms with van der Waals surface area (Å²) in [6.45, 7) is -1.86. The first kappa shape index (κ1) is 16.4. The van der Waals surface area contributed by atoms with Crippen LogP contribution in [0, 0.1) is 0 Å². The molecule has 0 aromatic heterocycles. The van der Waals surface area contributed by atoms with Crippen LogP contribution in [0.15, 0.2) is 115 Å². The van der Waals surface area contributed by atoms with Gasteiger partial charge in [-0.2, -0.15) is 0 Å². The minimum Gasteiger partial charge on any atom is -0.0622 e. The zero-order valence-electron chi connectivity index (χ0n) is 15.1. The molecule has 0 unspecified atom stereocenters. The third-order valence-corrected chi connectivity index (χ3v) is 10.0. The van der Waals surface area contributed by atoms with E-state index in [2.05, 4.69) is 115 Å². The molecular formula is C26H21P. The van der Waals surface area contributed by atoms with Gasteiger partial charge in [0.1, 0.15) is 0 Å². The molecule has 4 aromatic carbocycles. The first-order valence-corrected chi connectivity index (χ1v) is 11.2. The maximum Gasteiger partial charge on any atom is -0.000284 e. The molecule has 0 nitrogen and oxygen atoms in total. The number of rotatable bonds is 3. The molecule has 0 radical (unpaired) electrons. The van der Waals surface area contributed by atoms with Crippen molar-refractivity contribution in [1.29, 1.82) is 0 Å². The molecule has 0 spiro atoms. The number of fused-ring (bicyclic) bond motifs is 1. The Hall–Kier alpha value is -2.82. The average molecular weight is 364 g/mol. The smallest absolute Gasteiger partial charge is 0.000284 e. The zero-order chi connectivity index (χ0) is 18.1. The second-order valence-corrected chi connectivity index (χ2v) is 10.4. The van der Waals surface area contributed by atoms with E-state index in [0.29, 0.717) is 0 Å². The minimum absolute atomic E-state index is 1.03. The van der Waals surface area contributed by atoms with E-state index in [1.807, 2.05) is 0 Å². The van der Waals surface area contributed by atoms with Crippen molar-refractivity contribution in [2.24, 2.45) is 0 Å². The van der Waals surface area contributed by atoms with Gasteiger partial charge < -0.3 is 0 Å². The molecule has 0 N–H and O–H groups in total. The lowest BCUT2D eigenvalue weighted by molar-refractivity contribution is 1.39. The third-order valence-electron chi connectivity index (χ3n) is 5.51. The maximum absolute atomic E-state index is 2.36. The van der Waals surface area contributed by atoms with E-state index in [4.69, 9.17) is 0 Å². The average Bonchev–Trinajstić information content (AvgIpc) is 3.12. The van der Waals surface area contributed by atoms with Crippen molar-refractivity contribution in [3.05, 3.63) is 126 Å². The lowest BCUT2D eigenvalue weighted by Gasteiger charge is -2.29. The molecule has 130 valence electrons. The summed E-state index contributed by atoms with van der Waals surface area (Å²) < 4.78 is 0. The zero-order valence-corrected chi connectivity index (χ0v) is 16.0. The minimum atomic E-state index is -1.86. The van der Waals surface area contributed by atoms with Crippen molar-refractivity contribution in [3.63, 3.8) is 0 Å². The Kier molecular flexibility index (Phi) is 4.07. The molecule has 0 fully saturated rings. The van der Waals surface area contributed by atoms with E-state index in [1.165, 1.54) is 27.0 Å². The molecule has 27 heavy (non-hydrogen) atoms. The predicted octanol–water partition coefficient (Wildman–Crippen LogP) is 4.76. The van der Waals surface area contributed by atoms with Gasteiger partial charge in [-0.05, 0) is 45.6 Å². The highest BCUT2D eigenvalue weighted by Crippen LogP contribution is 2.52. The van der Waals surface area contributed by atoms with E-state index in [1.54, 1.807) is 5.29 Å². The van der Waals surface area contributed by atoms with Crippen molar-refractivity contribution in [2.45, 2.75) is 6.42 Å². The summed E-state index contributed by atoms with van der Waals surface area (Å²) in [7, 11) is 0. The second-order valence-electron chi connectivity index (χ2n) is 6.96. The Labute approximate surface area is 161 Å². The van der Waals surface area contributed by atoms with Crippen LogP contribution < -0.4 is 15.9 Å². The van der Waals surface area contributed by atoms with Crippen LogP contribution in [0.1, 0.15) is 11.1 Å². The summed E-state index contributed by atoms with van der Waals surface area (Å²) in [6.07, 6.45) is 1.03. The Morgan fingerprint density at radius 1 is 0.481 bits per heavy atom. The van der Waals surface area contributed by atoms with Crippen molar-refractivity contribution >= 4 is 28.1 Å². The molecule has 0 bridgehead atoms. The number of benzene rings is 4. The fraction of sp³-hybridized carbons (Fsp3) is 0.0385. The number of hydrogen-bond donors (Lipinski definition) is 0. The first-order chi connectivity index (χ1) is 13.4. The Balaban J connectivity index is 1.99. The van der Waals surface area contributed by atoms with Gasteiger partial charge in [-0.15, -0.1) is 0 Å².